The second kappa shape index (κ2) is 9.81. The van der Waals surface area contributed by atoms with Gasteiger partial charge in [0.05, 0.1) is 10.7 Å². The fraction of sp³-hybridized carbons (Fsp3) is 0.333. The lowest BCUT2D eigenvalue weighted by Crippen LogP contribution is -2.18. The Labute approximate surface area is 129 Å². The molecule has 1 rings (SSSR count). The molecule has 0 aliphatic carbocycles. The highest BCUT2D eigenvalue weighted by molar-refractivity contribution is 6.33. The van der Waals surface area contributed by atoms with Crippen LogP contribution in [-0.4, -0.2) is 25.7 Å². The molecule has 112 valence electrons. The molecule has 0 saturated carbocycles. The summed E-state index contributed by atoms with van der Waals surface area (Å²) in [4.78, 5) is 11.9. The van der Waals surface area contributed by atoms with Gasteiger partial charge < -0.3 is 15.4 Å². The predicted octanol–water partition coefficient (Wildman–Crippen LogP) is 2.70. The smallest absolute Gasteiger partial charge is 0.267 e. The van der Waals surface area contributed by atoms with Crippen molar-refractivity contribution < 1.29 is 9.53 Å². The van der Waals surface area contributed by atoms with Gasteiger partial charge in [0.25, 0.3) is 5.91 Å². The number of hydrogen-bond donors (Lipinski definition) is 2. The standard InChI is InChI=1S/C15H18ClN3O2/c1-2-21-9-5-8-18-11-12(10-17)15(20)19-14-7-4-3-6-13(14)16/h3-4,6-7,11,18H,2,5,8-9H2,1H3,(H,19,20)/b12-11-. The highest BCUT2D eigenvalue weighted by Gasteiger charge is 2.10. The van der Waals surface area contributed by atoms with Crippen molar-refractivity contribution in [3.05, 3.63) is 41.1 Å². The van der Waals surface area contributed by atoms with Crippen LogP contribution in [-0.2, 0) is 9.53 Å². The van der Waals surface area contributed by atoms with Crippen molar-refractivity contribution in [2.75, 3.05) is 25.1 Å². The molecule has 6 heteroatoms. The minimum atomic E-state index is -0.497. The van der Waals surface area contributed by atoms with Gasteiger partial charge in [-0.15, -0.1) is 0 Å². The maximum atomic E-state index is 11.9. The first-order valence-electron chi connectivity index (χ1n) is 6.66. The molecule has 0 saturated heterocycles. The van der Waals surface area contributed by atoms with Crippen LogP contribution in [0.5, 0.6) is 0 Å². The lowest BCUT2D eigenvalue weighted by molar-refractivity contribution is -0.112. The van der Waals surface area contributed by atoms with Gasteiger partial charge in [-0.3, -0.25) is 4.79 Å². The van der Waals surface area contributed by atoms with Crippen LogP contribution in [0.4, 0.5) is 5.69 Å². The summed E-state index contributed by atoms with van der Waals surface area (Å²) in [7, 11) is 0. The van der Waals surface area contributed by atoms with Gasteiger partial charge in [0.2, 0.25) is 0 Å². The molecular weight excluding hydrogens is 290 g/mol. The highest BCUT2D eigenvalue weighted by atomic mass is 35.5. The molecule has 0 radical (unpaired) electrons. The Bertz CT molecular complexity index is 538. The number of carbonyl (C=O) groups excluding carboxylic acids is 1. The van der Waals surface area contributed by atoms with Gasteiger partial charge in [-0.1, -0.05) is 23.7 Å². The third-order valence-electron chi connectivity index (χ3n) is 2.55. The van der Waals surface area contributed by atoms with E-state index in [2.05, 4.69) is 10.6 Å². The molecular formula is C15H18ClN3O2. The third kappa shape index (κ3) is 6.30. The molecule has 5 nitrogen and oxygen atoms in total. The molecule has 0 fully saturated rings. The van der Waals surface area contributed by atoms with Crippen LogP contribution >= 0.6 is 11.6 Å². The van der Waals surface area contributed by atoms with E-state index in [1.165, 1.54) is 6.20 Å². The Balaban J connectivity index is 2.50. The first-order valence-corrected chi connectivity index (χ1v) is 7.04. The maximum Gasteiger partial charge on any atom is 0.267 e. The maximum absolute atomic E-state index is 11.9. The van der Waals surface area contributed by atoms with Crippen molar-refractivity contribution in [3.8, 4) is 6.07 Å². The molecule has 21 heavy (non-hydrogen) atoms. The minimum absolute atomic E-state index is 0.00803. The van der Waals surface area contributed by atoms with E-state index in [0.717, 1.165) is 6.42 Å². The molecule has 0 bridgehead atoms. The zero-order valence-electron chi connectivity index (χ0n) is 11.9. The molecule has 0 aliphatic heterocycles. The van der Waals surface area contributed by atoms with Crippen LogP contribution in [0.1, 0.15) is 13.3 Å². The third-order valence-corrected chi connectivity index (χ3v) is 2.88. The fourth-order valence-corrected chi connectivity index (χ4v) is 1.68. The predicted molar refractivity (Wildman–Crippen MR) is 82.9 cm³/mol. The molecule has 1 aromatic carbocycles. The molecule has 0 aromatic heterocycles. The van der Waals surface area contributed by atoms with Gasteiger partial charge in [-0.2, -0.15) is 5.26 Å². The number of ether oxygens (including phenoxy) is 1. The second-order valence-electron chi connectivity index (χ2n) is 4.11. The van der Waals surface area contributed by atoms with E-state index in [-0.39, 0.29) is 5.57 Å². The van der Waals surface area contributed by atoms with Gasteiger partial charge in [0.15, 0.2) is 0 Å². The number of hydrogen-bond acceptors (Lipinski definition) is 4. The van der Waals surface area contributed by atoms with Gasteiger partial charge >= 0.3 is 0 Å². The van der Waals surface area contributed by atoms with E-state index in [1.54, 1.807) is 24.3 Å². The summed E-state index contributed by atoms with van der Waals surface area (Å²) in [5.74, 6) is -0.497. The average Bonchev–Trinajstić information content (AvgIpc) is 2.49. The fourth-order valence-electron chi connectivity index (χ4n) is 1.50. The van der Waals surface area contributed by atoms with Crippen LogP contribution < -0.4 is 10.6 Å². The first kappa shape index (κ1) is 17.0. The van der Waals surface area contributed by atoms with Crippen LogP contribution in [0.25, 0.3) is 0 Å². The number of rotatable bonds is 8. The van der Waals surface area contributed by atoms with E-state index in [9.17, 15) is 4.79 Å². The number of halogens is 1. The Hall–Kier alpha value is -2.03. The van der Waals surface area contributed by atoms with Gasteiger partial charge in [0.1, 0.15) is 11.6 Å². The van der Waals surface area contributed by atoms with Crippen molar-refractivity contribution in [1.29, 1.82) is 5.26 Å². The summed E-state index contributed by atoms with van der Waals surface area (Å²) in [5, 5.41) is 14.9. The molecule has 1 aromatic rings. The summed E-state index contributed by atoms with van der Waals surface area (Å²) in [6.07, 6.45) is 2.20. The molecule has 1 amide bonds. The van der Waals surface area contributed by atoms with Crippen LogP contribution in [0.2, 0.25) is 5.02 Å². The molecule has 0 spiro atoms. The zero-order chi connectivity index (χ0) is 15.5. The van der Waals surface area contributed by atoms with Crippen molar-refractivity contribution >= 4 is 23.2 Å². The Morgan fingerprint density at radius 2 is 2.24 bits per heavy atom. The van der Waals surface area contributed by atoms with Crippen molar-refractivity contribution in [2.45, 2.75) is 13.3 Å². The highest BCUT2D eigenvalue weighted by Crippen LogP contribution is 2.20. The number of nitriles is 1. The average molecular weight is 308 g/mol. The van der Waals surface area contributed by atoms with E-state index in [0.29, 0.717) is 30.5 Å². The monoisotopic (exact) mass is 307 g/mol. The lowest BCUT2D eigenvalue weighted by atomic mass is 10.2. The van der Waals surface area contributed by atoms with Crippen molar-refractivity contribution in [2.24, 2.45) is 0 Å². The number of nitrogens with one attached hydrogen (secondary N) is 2. The zero-order valence-corrected chi connectivity index (χ0v) is 12.6. The SMILES string of the molecule is CCOCCCN/C=C(/C#N)C(=O)Nc1ccccc1Cl. The molecule has 0 heterocycles. The second-order valence-corrected chi connectivity index (χ2v) is 4.52. The van der Waals surface area contributed by atoms with E-state index < -0.39 is 5.91 Å². The van der Waals surface area contributed by atoms with Gasteiger partial charge in [0, 0.05) is 26.0 Å². The number of benzene rings is 1. The van der Waals surface area contributed by atoms with E-state index >= 15 is 0 Å². The topological polar surface area (TPSA) is 74.1 Å². The largest absolute Gasteiger partial charge is 0.390 e. The number of carbonyl (C=O) groups is 1. The normalized spacial score (nSPS) is 10.8. The first-order chi connectivity index (χ1) is 10.2. The molecule has 0 aliphatic rings. The van der Waals surface area contributed by atoms with Crippen LogP contribution in [0.15, 0.2) is 36.0 Å². The van der Waals surface area contributed by atoms with Gasteiger partial charge in [-0.25, -0.2) is 0 Å². The summed E-state index contributed by atoms with van der Waals surface area (Å²) in [6, 6.07) is 8.71. The summed E-state index contributed by atoms with van der Waals surface area (Å²) < 4.78 is 5.19. The quantitative estimate of drug-likeness (QED) is 0.440. The lowest BCUT2D eigenvalue weighted by Gasteiger charge is -2.06. The summed E-state index contributed by atoms with van der Waals surface area (Å²) >= 11 is 5.94. The van der Waals surface area contributed by atoms with Crippen LogP contribution in [0, 0.1) is 11.3 Å². The van der Waals surface area contributed by atoms with Crippen molar-refractivity contribution in [1.82, 2.24) is 5.32 Å². The number of anilines is 1. The van der Waals surface area contributed by atoms with Crippen LogP contribution in [0.3, 0.4) is 0 Å². The Morgan fingerprint density at radius 1 is 1.48 bits per heavy atom. The number of para-hydroxylation sites is 1. The Kier molecular flexibility index (Phi) is 7.95. The van der Waals surface area contributed by atoms with E-state index in [1.807, 2.05) is 13.0 Å². The van der Waals surface area contributed by atoms with Crippen molar-refractivity contribution in [3.63, 3.8) is 0 Å². The summed E-state index contributed by atoms with van der Waals surface area (Å²) in [5.41, 5.74) is 0.466. The van der Waals surface area contributed by atoms with Gasteiger partial charge in [-0.05, 0) is 25.5 Å². The van der Waals surface area contributed by atoms with E-state index in [4.69, 9.17) is 21.6 Å². The minimum Gasteiger partial charge on any atom is -0.390 e. The molecule has 0 unspecified atom stereocenters. The molecule has 0 atom stereocenters. The Morgan fingerprint density at radius 3 is 2.90 bits per heavy atom. The summed E-state index contributed by atoms with van der Waals surface area (Å²) in [6.45, 7) is 3.88. The number of nitrogens with zero attached hydrogens (tertiary/aromatic N) is 1. The molecule has 2 N–H and O–H groups in total. The number of amides is 1.